The van der Waals surface area contributed by atoms with Crippen molar-refractivity contribution in [2.45, 2.75) is 6.92 Å². The van der Waals surface area contributed by atoms with Crippen LogP contribution in [-0.2, 0) is 19.1 Å². The molecule has 0 aliphatic heterocycles. The average Bonchev–Trinajstić information content (AvgIpc) is 3.26. The van der Waals surface area contributed by atoms with Gasteiger partial charge in [0.05, 0.1) is 25.4 Å². The summed E-state index contributed by atoms with van der Waals surface area (Å²) in [6, 6.07) is 7.05. The lowest BCUT2D eigenvalue weighted by Crippen LogP contribution is -2.28. The van der Waals surface area contributed by atoms with Crippen molar-refractivity contribution in [2.24, 2.45) is 5.16 Å². The molecule has 0 spiro atoms. The Bertz CT molecular complexity index is 1100. The Labute approximate surface area is 204 Å². The lowest BCUT2D eigenvalue weighted by Gasteiger charge is -2.02. The molecule has 16 heteroatoms. The van der Waals surface area contributed by atoms with Crippen molar-refractivity contribution in [3.05, 3.63) is 36.7 Å². The number of amides is 2. The van der Waals surface area contributed by atoms with E-state index in [2.05, 4.69) is 50.0 Å². The quantitative estimate of drug-likeness (QED) is 0.145. The number of anilines is 3. The van der Waals surface area contributed by atoms with Crippen LogP contribution in [0.25, 0.3) is 11.2 Å². The number of nitrogen functional groups attached to an aromatic ring is 2. The van der Waals surface area contributed by atoms with Crippen molar-refractivity contribution in [3.8, 4) is 0 Å². The van der Waals surface area contributed by atoms with E-state index >= 15 is 0 Å². The number of H-pyrrole nitrogens is 1. The Kier molecular flexibility index (Phi) is 12.4. The van der Waals surface area contributed by atoms with Crippen molar-refractivity contribution >= 4 is 63.7 Å². The molecule has 35 heavy (non-hydrogen) atoms. The first kappa shape index (κ1) is 28.4. The highest BCUT2D eigenvalue weighted by molar-refractivity contribution is 8.13. The highest BCUT2D eigenvalue weighted by Crippen LogP contribution is 2.10. The molecule has 0 bridgehead atoms. The molecular weight excluding hydrogens is 482 g/mol. The molecule has 0 radical (unpaired) electrons. The summed E-state index contributed by atoms with van der Waals surface area (Å²) in [5.41, 5.74) is 12.5. The summed E-state index contributed by atoms with van der Waals surface area (Å²) in [5.74, 6) is 0.163. The molecule has 0 aliphatic carbocycles. The summed E-state index contributed by atoms with van der Waals surface area (Å²) in [5, 5.41) is 8.16. The van der Waals surface area contributed by atoms with Crippen LogP contribution in [0.4, 0.5) is 27.0 Å². The molecule has 7 N–H and O–H groups in total. The number of ether oxygens (including phenoxy) is 2. The van der Waals surface area contributed by atoms with E-state index in [4.69, 9.17) is 11.5 Å². The smallest absolute Gasteiger partial charge is 0.413 e. The number of pyridine rings is 2. The second-order valence-corrected chi connectivity index (χ2v) is 6.65. The van der Waals surface area contributed by atoms with Crippen LogP contribution in [0.3, 0.4) is 0 Å². The van der Waals surface area contributed by atoms with Crippen molar-refractivity contribution in [1.29, 1.82) is 0 Å². The summed E-state index contributed by atoms with van der Waals surface area (Å²) < 4.78 is 8.72. The maximum Gasteiger partial charge on any atom is 0.413 e. The van der Waals surface area contributed by atoms with Gasteiger partial charge in [0, 0.05) is 19.3 Å². The van der Waals surface area contributed by atoms with Crippen LogP contribution in [-0.4, -0.2) is 63.7 Å². The molecule has 3 aromatic rings. The first-order chi connectivity index (χ1) is 16.7. The number of methoxy groups -OCH3 is 2. The molecule has 0 fully saturated rings. The molecule has 3 aromatic heterocycles. The van der Waals surface area contributed by atoms with Gasteiger partial charge in [-0.05, 0) is 30.5 Å². The monoisotopic (exact) mass is 507 g/mol. The number of nitrogens with zero attached hydrogens (tertiary/aromatic N) is 4. The number of nitrogens with one attached hydrogen (secondary N) is 3. The number of carbonyl (C=O) groups is 3. The minimum Gasteiger partial charge on any atom is -0.453 e. The van der Waals surface area contributed by atoms with Crippen LogP contribution in [0.5, 0.6) is 0 Å². The number of oxime groups is 1. The first-order valence-corrected chi connectivity index (χ1v) is 10.7. The second-order valence-electron chi connectivity index (χ2n) is 5.85. The number of imidazole rings is 1. The molecule has 0 aliphatic rings. The number of amidine groups is 1. The van der Waals surface area contributed by atoms with Crippen LogP contribution in [0.2, 0.25) is 0 Å². The van der Waals surface area contributed by atoms with Gasteiger partial charge in [0.25, 0.3) is 0 Å². The van der Waals surface area contributed by atoms with Gasteiger partial charge in [0.2, 0.25) is 11.1 Å². The van der Waals surface area contributed by atoms with E-state index in [1.165, 1.54) is 21.1 Å². The third kappa shape index (κ3) is 11.2. The Morgan fingerprint density at radius 3 is 2.23 bits per heavy atom. The van der Waals surface area contributed by atoms with Crippen molar-refractivity contribution in [2.75, 3.05) is 37.3 Å². The van der Waals surface area contributed by atoms with Gasteiger partial charge in [-0.25, -0.2) is 24.4 Å². The number of fused-ring (bicyclic) bond motifs is 1. The second kappa shape index (κ2) is 15.3. The maximum absolute atomic E-state index is 10.8. The zero-order valence-electron chi connectivity index (χ0n) is 19.3. The maximum atomic E-state index is 10.8. The van der Waals surface area contributed by atoms with Crippen molar-refractivity contribution < 1.29 is 28.7 Å². The van der Waals surface area contributed by atoms with Gasteiger partial charge < -0.3 is 30.8 Å². The van der Waals surface area contributed by atoms with Gasteiger partial charge in [0.15, 0.2) is 5.65 Å². The SMILES string of the molecule is COC(=O)NC(=NOC(C)=O)SC.COC(=O)Nc1nc2ncccc2[nH]1.Nc1cccnc1N. The van der Waals surface area contributed by atoms with Gasteiger partial charge in [0.1, 0.15) is 5.82 Å². The lowest BCUT2D eigenvalue weighted by molar-refractivity contribution is -0.140. The summed E-state index contributed by atoms with van der Waals surface area (Å²) in [4.78, 5) is 50.8. The summed E-state index contributed by atoms with van der Waals surface area (Å²) in [6.45, 7) is 1.21. The van der Waals surface area contributed by atoms with E-state index < -0.39 is 18.2 Å². The number of thioether (sulfide) groups is 1. The van der Waals surface area contributed by atoms with E-state index in [9.17, 15) is 14.4 Å². The van der Waals surface area contributed by atoms with Crippen molar-refractivity contribution in [1.82, 2.24) is 25.3 Å². The predicted octanol–water partition coefficient (Wildman–Crippen LogP) is 1.92. The molecule has 2 amide bonds. The van der Waals surface area contributed by atoms with Gasteiger partial charge in [-0.1, -0.05) is 16.9 Å². The Morgan fingerprint density at radius 1 is 1.06 bits per heavy atom. The standard InChI is InChI=1S/C8H8N4O2.C6H10N2O4S.C5H7N3/c1-14-8(13)12-7-10-5-3-2-4-9-6(5)11-7;1-4(9)12-8-5(13-3)7-6(10)11-2;6-4-2-1-3-8-5(4)7/h2-4H,1H3,(H2,9,10,11,12,13);1-3H3,(H,7,8,10);1-3H,6H2,(H2,7,8). The number of nitrogens with two attached hydrogens (primary N) is 2. The Hall–Kier alpha value is -4.60. The molecular formula is C19H25N9O6S. The molecule has 3 heterocycles. The predicted molar refractivity (Wildman–Crippen MR) is 131 cm³/mol. The third-order valence-corrected chi connectivity index (χ3v) is 3.94. The van der Waals surface area contributed by atoms with E-state index in [-0.39, 0.29) is 5.17 Å². The van der Waals surface area contributed by atoms with Crippen LogP contribution in [0.1, 0.15) is 6.92 Å². The number of hydrogen-bond donors (Lipinski definition) is 5. The van der Waals surface area contributed by atoms with E-state index in [0.717, 1.165) is 17.3 Å². The van der Waals surface area contributed by atoms with E-state index in [1.807, 2.05) is 6.07 Å². The number of carbonyl (C=O) groups excluding carboxylic acids is 3. The molecule has 15 nitrogen and oxygen atoms in total. The summed E-state index contributed by atoms with van der Waals surface area (Å²) >= 11 is 1.12. The van der Waals surface area contributed by atoms with Crippen LogP contribution < -0.4 is 22.1 Å². The topological polar surface area (TPSA) is 222 Å². The van der Waals surface area contributed by atoms with E-state index in [0.29, 0.717) is 23.1 Å². The molecule has 188 valence electrons. The van der Waals surface area contributed by atoms with E-state index in [1.54, 1.807) is 36.8 Å². The van der Waals surface area contributed by atoms with Crippen LogP contribution in [0.15, 0.2) is 41.8 Å². The van der Waals surface area contributed by atoms with Gasteiger partial charge >= 0.3 is 18.2 Å². The van der Waals surface area contributed by atoms with Gasteiger partial charge in [-0.2, -0.15) is 4.98 Å². The highest BCUT2D eigenvalue weighted by Gasteiger charge is 2.06. The highest BCUT2D eigenvalue weighted by atomic mass is 32.2. The molecule has 0 unspecified atom stereocenters. The Balaban J connectivity index is 0.000000272. The molecule has 0 aromatic carbocycles. The third-order valence-electron chi connectivity index (χ3n) is 3.38. The fourth-order valence-corrected chi connectivity index (χ4v) is 2.13. The molecule has 3 rings (SSSR count). The summed E-state index contributed by atoms with van der Waals surface area (Å²) in [7, 11) is 2.51. The zero-order valence-corrected chi connectivity index (χ0v) is 20.1. The summed E-state index contributed by atoms with van der Waals surface area (Å²) in [6.07, 6.45) is 3.67. The fourth-order valence-electron chi connectivity index (χ4n) is 1.84. The van der Waals surface area contributed by atoms with Gasteiger partial charge in [-0.15, -0.1) is 0 Å². The molecule has 0 atom stereocenters. The van der Waals surface area contributed by atoms with Crippen molar-refractivity contribution in [3.63, 3.8) is 0 Å². The van der Waals surface area contributed by atoms with Crippen LogP contribution >= 0.6 is 11.8 Å². The number of alkyl carbamates (subject to hydrolysis) is 1. The molecule has 0 saturated carbocycles. The average molecular weight is 508 g/mol. The minimum atomic E-state index is -0.666. The number of aromatic nitrogens is 4. The minimum absolute atomic E-state index is 0.155. The first-order valence-electron chi connectivity index (χ1n) is 9.46. The number of hydrogen-bond acceptors (Lipinski definition) is 13. The normalized spacial score (nSPS) is 10.0. The lowest BCUT2D eigenvalue weighted by atomic mass is 10.4. The largest absolute Gasteiger partial charge is 0.453 e. The zero-order chi connectivity index (χ0) is 26.2. The van der Waals surface area contributed by atoms with Crippen LogP contribution in [0, 0.1) is 0 Å². The number of rotatable bonds is 2. The fraction of sp³-hybridized carbons (Fsp3) is 0.211. The van der Waals surface area contributed by atoms with Gasteiger partial charge in [-0.3, -0.25) is 10.6 Å². The molecule has 0 saturated heterocycles. The Morgan fingerprint density at radius 2 is 1.71 bits per heavy atom. The number of aromatic amines is 1.